The number of phenols is 1. The molecule has 0 spiro atoms. The summed E-state index contributed by atoms with van der Waals surface area (Å²) < 4.78 is 0. The Bertz CT molecular complexity index is 531. The minimum Gasteiger partial charge on any atom is -0.508 e. The fraction of sp³-hybridized carbons (Fsp3) is 0.308. The van der Waals surface area contributed by atoms with E-state index in [0.29, 0.717) is 5.75 Å². The van der Waals surface area contributed by atoms with Crippen LogP contribution in [0.25, 0.3) is 0 Å². The van der Waals surface area contributed by atoms with Crippen molar-refractivity contribution in [2.75, 3.05) is 5.32 Å². The lowest BCUT2D eigenvalue weighted by Crippen LogP contribution is -2.01. The van der Waals surface area contributed by atoms with Crippen molar-refractivity contribution in [1.82, 2.24) is 10.2 Å². The first kappa shape index (κ1) is 11.5. The molecule has 2 rings (SSSR count). The number of aromatic hydroxyl groups is 1. The maximum Gasteiger partial charge on any atom is 0.118 e. The van der Waals surface area contributed by atoms with Crippen LogP contribution in [0, 0.1) is 20.8 Å². The number of aryl methyl sites for hydroxylation is 3. The van der Waals surface area contributed by atoms with Crippen molar-refractivity contribution in [2.24, 2.45) is 0 Å². The van der Waals surface area contributed by atoms with Crippen molar-refractivity contribution in [3.05, 3.63) is 40.7 Å². The van der Waals surface area contributed by atoms with E-state index in [-0.39, 0.29) is 0 Å². The molecule has 1 heterocycles. The molecule has 1 aromatic heterocycles. The summed E-state index contributed by atoms with van der Waals surface area (Å²) in [5, 5.41) is 19.8. The smallest absolute Gasteiger partial charge is 0.118 e. The van der Waals surface area contributed by atoms with Gasteiger partial charge in [-0.25, -0.2) is 0 Å². The highest BCUT2D eigenvalue weighted by Crippen LogP contribution is 2.25. The molecule has 4 nitrogen and oxygen atoms in total. The van der Waals surface area contributed by atoms with Crippen molar-refractivity contribution >= 4 is 5.69 Å². The van der Waals surface area contributed by atoms with Crippen LogP contribution >= 0.6 is 0 Å². The third kappa shape index (κ3) is 2.41. The van der Waals surface area contributed by atoms with Crippen LogP contribution in [-0.4, -0.2) is 15.3 Å². The van der Waals surface area contributed by atoms with Crippen LogP contribution in [-0.2, 0) is 6.54 Å². The second-order valence-electron chi connectivity index (χ2n) is 4.33. The zero-order chi connectivity index (χ0) is 12.4. The number of rotatable bonds is 3. The number of hydrogen-bond donors (Lipinski definition) is 3. The highest BCUT2D eigenvalue weighted by atomic mass is 16.3. The highest BCUT2D eigenvalue weighted by Gasteiger charge is 2.05. The molecule has 0 atom stereocenters. The summed E-state index contributed by atoms with van der Waals surface area (Å²) >= 11 is 0. The highest BCUT2D eigenvalue weighted by molar-refractivity contribution is 5.56. The van der Waals surface area contributed by atoms with Crippen molar-refractivity contribution < 1.29 is 5.11 Å². The topological polar surface area (TPSA) is 60.9 Å². The predicted molar refractivity (Wildman–Crippen MR) is 68.2 cm³/mol. The van der Waals surface area contributed by atoms with Gasteiger partial charge in [0, 0.05) is 23.5 Å². The predicted octanol–water partition coefficient (Wildman–Crippen LogP) is 2.65. The van der Waals surface area contributed by atoms with E-state index in [2.05, 4.69) is 15.5 Å². The summed E-state index contributed by atoms with van der Waals surface area (Å²) in [6.45, 7) is 6.60. The zero-order valence-corrected chi connectivity index (χ0v) is 10.3. The Labute approximate surface area is 101 Å². The first-order valence-electron chi connectivity index (χ1n) is 5.61. The van der Waals surface area contributed by atoms with Gasteiger partial charge < -0.3 is 10.4 Å². The van der Waals surface area contributed by atoms with Crippen LogP contribution in [0.2, 0.25) is 0 Å². The van der Waals surface area contributed by atoms with Gasteiger partial charge >= 0.3 is 0 Å². The molecule has 0 bridgehead atoms. The fourth-order valence-corrected chi connectivity index (χ4v) is 1.74. The van der Waals surface area contributed by atoms with Gasteiger partial charge in [-0.2, -0.15) is 5.10 Å². The van der Waals surface area contributed by atoms with E-state index in [1.807, 2.05) is 33.0 Å². The Kier molecular flexibility index (Phi) is 3.04. The molecule has 3 N–H and O–H groups in total. The van der Waals surface area contributed by atoms with Gasteiger partial charge in [-0.1, -0.05) is 0 Å². The Morgan fingerprint density at radius 1 is 1.24 bits per heavy atom. The maximum absolute atomic E-state index is 9.58. The Balaban J connectivity index is 2.14. The number of benzene rings is 1. The van der Waals surface area contributed by atoms with Gasteiger partial charge in [0.1, 0.15) is 5.75 Å². The van der Waals surface area contributed by atoms with E-state index >= 15 is 0 Å². The van der Waals surface area contributed by atoms with Crippen molar-refractivity contribution in [2.45, 2.75) is 27.3 Å². The van der Waals surface area contributed by atoms with Crippen LogP contribution in [0.3, 0.4) is 0 Å². The van der Waals surface area contributed by atoms with Crippen LogP contribution in [0.1, 0.15) is 22.4 Å². The zero-order valence-electron chi connectivity index (χ0n) is 10.3. The van der Waals surface area contributed by atoms with Gasteiger partial charge in [0.25, 0.3) is 0 Å². The molecule has 0 fully saturated rings. The number of hydrogen-bond acceptors (Lipinski definition) is 3. The lowest BCUT2D eigenvalue weighted by Gasteiger charge is -2.11. The largest absolute Gasteiger partial charge is 0.508 e. The summed E-state index contributed by atoms with van der Waals surface area (Å²) in [4.78, 5) is 0. The summed E-state index contributed by atoms with van der Waals surface area (Å²) in [6, 6.07) is 3.74. The lowest BCUT2D eigenvalue weighted by molar-refractivity contribution is 0.471. The second kappa shape index (κ2) is 4.49. The Morgan fingerprint density at radius 3 is 2.65 bits per heavy atom. The number of nitrogens with one attached hydrogen (secondary N) is 2. The van der Waals surface area contributed by atoms with E-state index in [1.54, 1.807) is 6.07 Å². The quantitative estimate of drug-likeness (QED) is 0.712. The van der Waals surface area contributed by atoms with Crippen LogP contribution in [0.5, 0.6) is 5.75 Å². The maximum atomic E-state index is 9.58. The molecular formula is C13H17N3O. The minimum atomic E-state index is 0.340. The normalized spacial score (nSPS) is 10.5. The van der Waals surface area contributed by atoms with Crippen LogP contribution < -0.4 is 5.32 Å². The van der Waals surface area contributed by atoms with Gasteiger partial charge in [-0.15, -0.1) is 0 Å². The van der Waals surface area contributed by atoms with Crippen molar-refractivity contribution in [3.8, 4) is 5.75 Å². The SMILES string of the molecule is Cc1cc(NCc2cn[nH]c2C)c(C)cc1O. The molecule has 0 radical (unpaired) electrons. The third-order valence-corrected chi connectivity index (χ3v) is 2.95. The molecule has 90 valence electrons. The first-order chi connectivity index (χ1) is 8.08. The monoisotopic (exact) mass is 231 g/mol. The summed E-state index contributed by atoms with van der Waals surface area (Å²) in [5.41, 5.74) is 5.18. The van der Waals surface area contributed by atoms with Crippen LogP contribution in [0.15, 0.2) is 18.3 Å². The molecule has 2 aromatic rings. The third-order valence-electron chi connectivity index (χ3n) is 2.95. The molecule has 0 unspecified atom stereocenters. The van der Waals surface area contributed by atoms with E-state index in [1.165, 1.54) is 0 Å². The molecule has 0 aliphatic rings. The molecule has 1 aromatic carbocycles. The van der Waals surface area contributed by atoms with Crippen LogP contribution in [0.4, 0.5) is 5.69 Å². The van der Waals surface area contributed by atoms with Gasteiger partial charge in [0.2, 0.25) is 0 Å². The molecule has 0 aliphatic carbocycles. The number of nitrogens with zero attached hydrogens (tertiary/aromatic N) is 1. The number of anilines is 1. The average molecular weight is 231 g/mol. The number of phenolic OH excluding ortho intramolecular Hbond substituents is 1. The minimum absolute atomic E-state index is 0.340. The number of aromatic nitrogens is 2. The standard InChI is InChI=1S/C13H17N3O/c1-8-5-13(17)9(2)4-12(8)14-6-11-7-15-16-10(11)3/h4-5,7,14,17H,6H2,1-3H3,(H,15,16). The second-order valence-corrected chi connectivity index (χ2v) is 4.33. The Hall–Kier alpha value is -1.97. The fourth-order valence-electron chi connectivity index (χ4n) is 1.74. The van der Waals surface area contributed by atoms with E-state index in [9.17, 15) is 5.11 Å². The lowest BCUT2D eigenvalue weighted by atomic mass is 10.1. The first-order valence-corrected chi connectivity index (χ1v) is 5.61. The van der Waals surface area contributed by atoms with Gasteiger partial charge in [-0.05, 0) is 44.0 Å². The summed E-state index contributed by atoms with van der Waals surface area (Å²) in [5.74, 6) is 0.340. The molecule has 0 saturated carbocycles. The molecular weight excluding hydrogens is 214 g/mol. The summed E-state index contributed by atoms with van der Waals surface area (Å²) in [7, 11) is 0. The summed E-state index contributed by atoms with van der Waals surface area (Å²) in [6.07, 6.45) is 1.82. The van der Waals surface area contributed by atoms with E-state index < -0.39 is 0 Å². The van der Waals surface area contributed by atoms with E-state index in [4.69, 9.17) is 0 Å². The van der Waals surface area contributed by atoms with Gasteiger partial charge in [0.15, 0.2) is 0 Å². The van der Waals surface area contributed by atoms with Gasteiger partial charge in [-0.3, -0.25) is 5.10 Å². The number of aromatic amines is 1. The van der Waals surface area contributed by atoms with E-state index in [0.717, 1.165) is 34.6 Å². The Morgan fingerprint density at radius 2 is 2.00 bits per heavy atom. The molecule has 0 aliphatic heterocycles. The van der Waals surface area contributed by atoms with Crippen molar-refractivity contribution in [3.63, 3.8) is 0 Å². The average Bonchev–Trinajstić information content (AvgIpc) is 2.68. The van der Waals surface area contributed by atoms with Crippen molar-refractivity contribution in [1.29, 1.82) is 0 Å². The molecule has 0 saturated heterocycles. The molecule has 0 amide bonds. The molecule has 4 heteroatoms. The molecule has 17 heavy (non-hydrogen) atoms. The van der Waals surface area contributed by atoms with Gasteiger partial charge in [0.05, 0.1) is 6.20 Å². The number of H-pyrrole nitrogens is 1.